The van der Waals surface area contributed by atoms with Crippen LogP contribution in [0.5, 0.6) is 0 Å². The highest BCUT2D eigenvalue weighted by Crippen LogP contribution is 2.29. The largest absolute Gasteiger partial charge is 0.417 e. The third-order valence-corrected chi connectivity index (χ3v) is 4.78. The van der Waals surface area contributed by atoms with E-state index in [-0.39, 0.29) is 28.5 Å². The predicted octanol–water partition coefficient (Wildman–Crippen LogP) is 4.29. The van der Waals surface area contributed by atoms with Crippen LogP contribution in [0.25, 0.3) is 16.9 Å². The average Bonchev–Trinajstić information content (AvgIpc) is 2.80. The first-order valence-corrected chi connectivity index (χ1v) is 9.72. The number of amides is 1. The highest BCUT2D eigenvalue weighted by Gasteiger charge is 2.31. The van der Waals surface area contributed by atoms with E-state index in [2.05, 4.69) is 15.3 Å². The molecule has 0 aliphatic carbocycles. The molecule has 3 N–H and O–H groups in total. The number of rotatable bonds is 5. The van der Waals surface area contributed by atoms with Gasteiger partial charge in [-0.1, -0.05) is 18.2 Å². The molecule has 172 valence electrons. The number of nitrogens with one attached hydrogen (secondary N) is 1. The minimum Gasteiger partial charge on any atom is -0.366 e. The van der Waals surface area contributed by atoms with Crippen LogP contribution < -0.4 is 16.6 Å². The van der Waals surface area contributed by atoms with Gasteiger partial charge in [-0.15, -0.1) is 0 Å². The third-order valence-electron chi connectivity index (χ3n) is 4.78. The summed E-state index contributed by atoms with van der Waals surface area (Å²) in [6.07, 6.45) is -3.04. The van der Waals surface area contributed by atoms with Gasteiger partial charge in [-0.3, -0.25) is 14.2 Å². The summed E-state index contributed by atoms with van der Waals surface area (Å²) in [4.78, 5) is 31.6. The maximum Gasteiger partial charge on any atom is 0.417 e. The third kappa shape index (κ3) is 4.77. The minimum atomic E-state index is -4.64. The van der Waals surface area contributed by atoms with E-state index in [1.807, 2.05) is 0 Å². The van der Waals surface area contributed by atoms with Gasteiger partial charge >= 0.3 is 6.18 Å². The lowest BCUT2D eigenvalue weighted by atomic mass is 10.1. The predicted molar refractivity (Wildman–Crippen MR) is 116 cm³/mol. The fourth-order valence-electron chi connectivity index (χ4n) is 3.17. The van der Waals surface area contributed by atoms with Crippen molar-refractivity contribution in [2.24, 2.45) is 5.73 Å². The molecule has 0 bridgehead atoms. The maximum atomic E-state index is 14.6. The highest BCUT2D eigenvalue weighted by molar-refractivity contribution is 5.93. The molecule has 4 aromatic rings. The van der Waals surface area contributed by atoms with Gasteiger partial charge in [0.25, 0.3) is 5.56 Å². The molecule has 0 radical (unpaired) electrons. The van der Waals surface area contributed by atoms with Gasteiger partial charge in [-0.25, -0.2) is 14.4 Å². The number of hydrogen-bond acceptors (Lipinski definition) is 5. The molecule has 34 heavy (non-hydrogen) atoms. The fraction of sp³-hybridized carbons (Fsp3) is 0.0435. The Kier molecular flexibility index (Phi) is 5.84. The van der Waals surface area contributed by atoms with Crippen LogP contribution in [0.2, 0.25) is 0 Å². The summed E-state index contributed by atoms with van der Waals surface area (Å²) >= 11 is 0. The summed E-state index contributed by atoms with van der Waals surface area (Å²) in [5, 5.41) is 2.84. The lowest BCUT2D eigenvalue weighted by Crippen LogP contribution is -2.19. The number of aromatic nitrogens is 3. The van der Waals surface area contributed by atoms with Crippen LogP contribution in [0, 0.1) is 5.82 Å². The average molecular weight is 469 g/mol. The number of primary amides is 1. The molecule has 0 atom stereocenters. The number of hydrogen-bond donors (Lipinski definition) is 2. The van der Waals surface area contributed by atoms with E-state index in [9.17, 15) is 27.2 Å². The summed E-state index contributed by atoms with van der Waals surface area (Å²) in [6, 6.07) is 13.4. The molecular weight excluding hydrogens is 454 g/mol. The van der Waals surface area contributed by atoms with E-state index in [0.29, 0.717) is 18.0 Å². The molecule has 2 aromatic carbocycles. The Morgan fingerprint density at radius 1 is 1.03 bits per heavy atom. The van der Waals surface area contributed by atoms with Crippen molar-refractivity contribution in [3.05, 3.63) is 100 Å². The number of nitrogens with two attached hydrogens (primary N) is 1. The highest BCUT2D eigenvalue weighted by atomic mass is 19.4. The minimum absolute atomic E-state index is 0.000316. The summed E-state index contributed by atoms with van der Waals surface area (Å²) in [5.41, 5.74) is 4.39. The molecule has 0 unspecified atom stereocenters. The van der Waals surface area contributed by atoms with Gasteiger partial charge in [-0.05, 0) is 36.4 Å². The molecular formula is C23H15F4N5O2. The number of pyridine rings is 1. The molecule has 0 saturated carbocycles. The Morgan fingerprint density at radius 3 is 2.53 bits per heavy atom. The van der Waals surface area contributed by atoms with Crippen molar-refractivity contribution in [2.45, 2.75) is 6.18 Å². The lowest BCUT2D eigenvalue weighted by molar-refractivity contribution is -0.138. The first-order chi connectivity index (χ1) is 16.1. The van der Waals surface area contributed by atoms with Crippen LogP contribution in [-0.2, 0) is 6.18 Å². The van der Waals surface area contributed by atoms with Gasteiger partial charge in [0.05, 0.1) is 11.8 Å². The SMILES string of the molecule is NC(=O)c1cccc(Nc2ncc(F)c(-c3cccc(-n4cc(C(F)(F)F)ccc4=O)c3)n2)c1. The zero-order chi connectivity index (χ0) is 24.5. The number of nitrogens with zero attached hydrogens (tertiary/aromatic N) is 3. The Morgan fingerprint density at radius 2 is 1.79 bits per heavy atom. The number of carbonyl (C=O) groups excluding carboxylic acids is 1. The van der Waals surface area contributed by atoms with E-state index < -0.39 is 29.0 Å². The van der Waals surface area contributed by atoms with E-state index in [0.717, 1.165) is 16.8 Å². The topological polar surface area (TPSA) is 103 Å². The second-order valence-corrected chi connectivity index (χ2v) is 7.13. The molecule has 7 nitrogen and oxygen atoms in total. The van der Waals surface area contributed by atoms with Crippen LogP contribution in [0.15, 0.2) is 77.9 Å². The summed E-state index contributed by atoms with van der Waals surface area (Å²) in [7, 11) is 0. The van der Waals surface area contributed by atoms with Gasteiger partial charge in [0.2, 0.25) is 11.9 Å². The molecule has 2 aromatic heterocycles. The normalized spacial score (nSPS) is 11.3. The van der Waals surface area contributed by atoms with E-state index >= 15 is 0 Å². The number of benzene rings is 2. The summed E-state index contributed by atoms with van der Waals surface area (Å²) in [6.45, 7) is 0. The maximum absolute atomic E-state index is 14.6. The smallest absolute Gasteiger partial charge is 0.366 e. The van der Waals surface area contributed by atoms with Crippen LogP contribution in [0.4, 0.5) is 29.2 Å². The van der Waals surface area contributed by atoms with E-state index in [4.69, 9.17) is 5.73 Å². The summed E-state index contributed by atoms with van der Waals surface area (Å²) < 4.78 is 54.7. The Bertz CT molecular complexity index is 1450. The Hall–Kier alpha value is -4.54. The van der Waals surface area contributed by atoms with Crippen molar-refractivity contribution >= 4 is 17.5 Å². The van der Waals surface area contributed by atoms with E-state index in [1.54, 1.807) is 12.1 Å². The molecule has 4 rings (SSSR count). The summed E-state index contributed by atoms with van der Waals surface area (Å²) in [5.74, 6) is -1.42. The van der Waals surface area contributed by atoms with Crippen LogP contribution in [0.3, 0.4) is 0 Å². The molecule has 0 spiro atoms. The van der Waals surface area contributed by atoms with Crippen molar-refractivity contribution < 1.29 is 22.4 Å². The number of anilines is 2. The van der Waals surface area contributed by atoms with Gasteiger partial charge < -0.3 is 11.1 Å². The molecule has 0 fully saturated rings. The molecule has 1 amide bonds. The van der Waals surface area contributed by atoms with Crippen molar-refractivity contribution in [1.82, 2.24) is 14.5 Å². The van der Waals surface area contributed by atoms with Crippen molar-refractivity contribution in [1.29, 1.82) is 0 Å². The number of carbonyl (C=O) groups is 1. The van der Waals surface area contributed by atoms with E-state index in [1.165, 1.54) is 36.4 Å². The first-order valence-electron chi connectivity index (χ1n) is 9.72. The van der Waals surface area contributed by atoms with Crippen molar-refractivity contribution in [3.63, 3.8) is 0 Å². The quantitative estimate of drug-likeness (QED) is 0.425. The second kappa shape index (κ2) is 8.77. The molecule has 11 heteroatoms. The fourth-order valence-corrected chi connectivity index (χ4v) is 3.17. The van der Waals surface area contributed by atoms with Gasteiger partial charge in [0.1, 0.15) is 5.69 Å². The molecule has 2 heterocycles. The molecule has 0 aliphatic rings. The number of alkyl halides is 3. The van der Waals surface area contributed by atoms with Crippen molar-refractivity contribution in [3.8, 4) is 16.9 Å². The first kappa shape index (κ1) is 22.6. The monoisotopic (exact) mass is 469 g/mol. The Labute approximate surface area is 189 Å². The standard InChI is InChI=1S/C23H15F4N5O2/c24-18-11-29-22(30-16-5-1-4-14(9-16)21(28)34)31-20(18)13-3-2-6-17(10-13)32-12-15(23(25,26)27)7-8-19(32)33/h1-12H,(H2,28,34)(H,29,30,31). The molecule has 0 saturated heterocycles. The van der Waals surface area contributed by atoms with Gasteiger partial charge in [0, 0.05) is 34.8 Å². The van der Waals surface area contributed by atoms with Crippen LogP contribution in [-0.4, -0.2) is 20.4 Å². The van der Waals surface area contributed by atoms with Crippen LogP contribution >= 0.6 is 0 Å². The van der Waals surface area contributed by atoms with Crippen molar-refractivity contribution in [2.75, 3.05) is 5.32 Å². The Balaban J connectivity index is 1.72. The molecule has 0 aliphatic heterocycles. The van der Waals surface area contributed by atoms with Gasteiger partial charge in [-0.2, -0.15) is 13.2 Å². The second-order valence-electron chi connectivity index (χ2n) is 7.13. The number of halogens is 4. The van der Waals surface area contributed by atoms with Gasteiger partial charge in [0.15, 0.2) is 5.82 Å². The zero-order valence-electron chi connectivity index (χ0n) is 17.2. The zero-order valence-corrected chi connectivity index (χ0v) is 17.2. The lowest BCUT2D eigenvalue weighted by Gasteiger charge is -2.12. The van der Waals surface area contributed by atoms with Crippen LogP contribution in [0.1, 0.15) is 15.9 Å².